The minimum absolute atomic E-state index is 0.0786. The predicted octanol–water partition coefficient (Wildman–Crippen LogP) is 16.9. The summed E-state index contributed by atoms with van der Waals surface area (Å²) >= 11 is 0. The van der Waals surface area contributed by atoms with Gasteiger partial charge in [-0.2, -0.15) is 0 Å². The van der Waals surface area contributed by atoms with Crippen molar-refractivity contribution in [2.45, 2.75) is 213 Å². The molecule has 0 aliphatic carbocycles. The number of hydrogen-bond donors (Lipinski definition) is 1. The zero-order chi connectivity index (χ0) is 49.0. The minimum atomic E-state index is -4.30. The Kier molecular flexibility index (Phi) is 47.9. The maximum atomic E-state index is 12.8. The second-order valence-electron chi connectivity index (χ2n) is 18.9. The lowest BCUT2D eigenvalue weighted by Gasteiger charge is -2.24. The zero-order valence-corrected chi connectivity index (χ0v) is 44.7. The zero-order valence-electron chi connectivity index (χ0n) is 43.9. The summed E-state index contributed by atoms with van der Waals surface area (Å²) in [6.07, 6.45) is 68.8. The maximum Gasteiger partial charge on any atom is 0.472 e. The van der Waals surface area contributed by atoms with E-state index in [1.165, 1.54) is 96.3 Å². The summed E-state index contributed by atoms with van der Waals surface area (Å²) in [6, 6.07) is 0. The number of carbonyl (C=O) groups excluding carboxylic acids is 1. The molecule has 1 N–H and O–H groups in total. The molecule has 0 fully saturated rings. The van der Waals surface area contributed by atoms with Crippen LogP contribution in [-0.4, -0.2) is 75.6 Å². The summed E-state index contributed by atoms with van der Waals surface area (Å²) in [7, 11) is 1.64. The molecule has 0 aliphatic heterocycles. The van der Waals surface area contributed by atoms with Gasteiger partial charge in [-0.25, -0.2) is 4.57 Å². The summed E-state index contributed by atoms with van der Waals surface area (Å²) in [5.41, 5.74) is 0. The topological polar surface area (TPSA) is 91.3 Å². The van der Waals surface area contributed by atoms with Gasteiger partial charge in [0, 0.05) is 13.0 Å². The third-order valence-corrected chi connectivity index (χ3v) is 12.1. The molecule has 0 bridgehead atoms. The number of phosphoric ester groups is 1. The summed E-state index contributed by atoms with van der Waals surface area (Å²) in [6.45, 7) is 5.45. The number of ether oxygens (including phenoxy) is 2. The van der Waals surface area contributed by atoms with Crippen LogP contribution in [0.5, 0.6) is 0 Å². The predicted molar refractivity (Wildman–Crippen MR) is 288 cm³/mol. The van der Waals surface area contributed by atoms with Crippen molar-refractivity contribution in [1.29, 1.82) is 0 Å². The highest BCUT2D eigenvalue weighted by atomic mass is 31.2. The number of quaternary nitrogens is 1. The van der Waals surface area contributed by atoms with Crippen molar-refractivity contribution < 1.29 is 37.3 Å². The van der Waals surface area contributed by atoms with E-state index in [9.17, 15) is 14.3 Å². The third kappa shape index (κ3) is 54.2. The summed E-state index contributed by atoms with van der Waals surface area (Å²) in [4.78, 5) is 23.0. The van der Waals surface area contributed by atoms with Gasteiger partial charge >= 0.3 is 13.8 Å². The number of carbonyl (C=O) groups is 1. The Bertz CT molecular complexity index is 1390. The molecule has 0 rings (SSSR count). The number of rotatable bonds is 49. The van der Waals surface area contributed by atoms with E-state index >= 15 is 0 Å². The third-order valence-electron chi connectivity index (χ3n) is 11.1. The second kappa shape index (κ2) is 49.8. The van der Waals surface area contributed by atoms with E-state index < -0.39 is 13.9 Å². The molecule has 2 atom stereocenters. The number of nitrogens with zero attached hydrogens (tertiary/aromatic N) is 1. The first-order valence-electron chi connectivity index (χ1n) is 27.0. The fourth-order valence-electron chi connectivity index (χ4n) is 7.00. The average Bonchev–Trinajstić information content (AvgIpc) is 3.29. The highest BCUT2D eigenvalue weighted by Crippen LogP contribution is 2.43. The van der Waals surface area contributed by atoms with Crippen molar-refractivity contribution in [1.82, 2.24) is 0 Å². The first-order valence-corrected chi connectivity index (χ1v) is 28.5. The maximum absolute atomic E-state index is 12.8. The van der Waals surface area contributed by atoms with Crippen LogP contribution in [-0.2, 0) is 27.9 Å². The van der Waals surface area contributed by atoms with Crippen LogP contribution in [0.2, 0.25) is 0 Å². The van der Waals surface area contributed by atoms with E-state index in [0.29, 0.717) is 24.1 Å². The Balaban J connectivity index is 4.20. The number of esters is 1. The fourth-order valence-corrected chi connectivity index (χ4v) is 7.74. The molecule has 0 aromatic rings. The van der Waals surface area contributed by atoms with Gasteiger partial charge in [0.25, 0.3) is 0 Å². The van der Waals surface area contributed by atoms with Crippen LogP contribution < -0.4 is 0 Å². The highest BCUT2D eigenvalue weighted by Gasteiger charge is 2.26. The first kappa shape index (κ1) is 64.4. The molecule has 0 radical (unpaired) electrons. The Labute approximate surface area is 413 Å². The standard InChI is InChI=1S/C58H102NO7P/c1-6-8-10-12-14-16-18-20-22-24-26-28-30-31-33-35-37-39-41-43-45-47-49-51-58(60)66-57(56-65-67(61,62)64-54-52-59(3,4)5)55-63-53-50-48-46-44-42-40-38-36-34-32-29-27-25-23-21-19-17-15-13-11-9-7-2/h8,10,14,16,19-22,25-28,31-34,57H,6-7,9,11-13,15,17-18,23-24,29-30,35-56H2,1-5H3/p+1/b10-8-,16-14-,21-19-,22-20-,27-25-,28-26-,33-31-,34-32-. The molecule has 0 aliphatic rings. The Morgan fingerprint density at radius 3 is 1.30 bits per heavy atom. The van der Waals surface area contributed by atoms with Gasteiger partial charge in [-0.15, -0.1) is 0 Å². The molecule has 9 heteroatoms. The van der Waals surface area contributed by atoms with Crippen molar-refractivity contribution in [2.24, 2.45) is 0 Å². The van der Waals surface area contributed by atoms with Crippen molar-refractivity contribution >= 4 is 13.8 Å². The smallest absolute Gasteiger partial charge is 0.457 e. The molecule has 0 aromatic heterocycles. The van der Waals surface area contributed by atoms with Gasteiger partial charge in [-0.05, 0) is 96.3 Å². The van der Waals surface area contributed by atoms with Crippen LogP contribution in [0.25, 0.3) is 0 Å². The molecule has 8 nitrogen and oxygen atoms in total. The van der Waals surface area contributed by atoms with Crippen molar-refractivity contribution in [3.05, 3.63) is 97.2 Å². The SMILES string of the molecule is CC/C=C\C/C=C\C/C=C\C/C=C\C/C=C\CCCCCCCCCC(=O)OC(COCCCCCCCCC/C=C\C/C=C\C/C=C\CCCCCCC)COP(=O)(O)OCC[N+](C)(C)C. The lowest BCUT2D eigenvalue weighted by molar-refractivity contribution is -0.870. The number of phosphoric acid groups is 1. The van der Waals surface area contributed by atoms with Gasteiger partial charge in [-0.3, -0.25) is 13.8 Å². The normalized spacial score (nSPS) is 14.3. The number of unbranched alkanes of at least 4 members (excludes halogenated alkanes) is 19. The molecule has 0 aromatic carbocycles. The molecule has 0 spiro atoms. The molecule has 0 saturated heterocycles. The van der Waals surface area contributed by atoms with Gasteiger partial charge in [-0.1, -0.05) is 201 Å². The van der Waals surface area contributed by atoms with Crippen molar-refractivity contribution in [3.63, 3.8) is 0 Å². The van der Waals surface area contributed by atoms with Crippen LogP contribution in [0.15, 0.2) is 97.2 Å². The lowest BCUT2D eigenvalue weighted by atomic mass is 10.1. The monoisotopic (exact) mass is 957 g/mol. The Morgan fingerprint density at radius 1 is 0.478 bits per heavy atom. The van der Waals surface area contributed by atoms with E-state index in [2.05, 4.69) is 111 Å². The fraction of sp³-hybridized carbons (Fsp3) is 0.707. The van der Waals surface area contributed by atoms with E-state index in [1.807, 2.05) is 21.1 Å². The van der Waals surface area contributed by atoms with Crippen LogP contribution in [0.1, 0.15) is 206 Å². The van der Waals surface area contributed by atoms with E-state index in [1.54, 1.807) is 0 Å². The summed E-state index contributed by atoms with van der Waals surface area (Å²) in [5.74, 6) is -0.331. The molecule has 67 heavy (non-hydrogen) atoms. The van der Waals surface area contributed by atoms with E-state index in [4.69, 9.17) is 18.5 Å². The van der Waals surface area contributed by atoms with Crippen LogP contribution in [0.3, 0.4) is 0 Å². The summed E-state index contributed by atoms with van der Waals surface area (Å²) in [5, 5.41) is 0. The van der Waals surface area contributed by atoms with Crippen molar-refractivity contribution in [2.75, 3.05) is 54.1 Å². The lowest BCUT2D eigenvalue weighted by Crippen LogP contribution is -2.37. The van der Waals surface area contributed by atoms with E-state index in [0.717, 1.165) is 89.9 Å². The number of likely N-dealkylation sites (N-methyl/N-ethyl adjacent to an activating group) is 1. The van der Waals surface area contributed by atoms with Gasteiger partial charge in [0.05, 0.1) is 34.4 Å². The van der Waals surface area contributed by atoms with Crippen LogP contribution in [0.4, 0.5) is 0 Å². The van der Waals surface area contributed by atoms with Gasteiger partial charge in [0.2, 0.25) is 0 Å². The Hall–Kier alpha value is -2.58. The molecule has 2 unspecified atom stereocenters. The van der Waals surface area contributed by atoms with Gasteiger partial charge < -0.3 is 18.9 Å². The highest BCUT2D eigenvalue weighted by molar-refractivity contribution is 7.47. The van der Waals surface area contributed by atoms with Crippen LogP contribution >= 0.6 is 7.82 Å². The largest absolute Gasteiger partial charge is 0.472 e. The molecule has 0 heterocycles. The van der Waals surface area contributed by atoms with Crippen LogP contribution in [0, 0.1) is 0 Å². The van der Waals surface area contributed by atoms with Crippen molar-refractivity contribution in [3.8, 4) is 0 Å². The minimum Gasteiger partial charge on any atom is -0.457 e. The molecular formula is C58H103NO7P+. The average molecular weight is 957 g/mol. The molecule has 386 valence electrons. The quantitative estimate of drug-likeness (QED) is 0.0213. The molecule has 0 amide bonds. The van der Waals surface area contributed by atoms with Gasteiger partial charge in [0.1, 0.15) is 19.3 Å². The first-order chi connectivity index (χ1) is 32.6. The summed E-state index contributed by atoms with van der Waals surface area (Å²) < 4.78 is 35.2. The number of hydrogen-bond acceptors (Lipinski definition) is 6. The second-order valence-corrected chi connectivity index (χ2v) is 20.3. The molecular weight excluding hydrogens is 854 g/mol. The molecule has 0 saturated carbocycles. The Morgan fingerprint density at radius 2 is 0.866 bits per heavy atom. The van der Waals surface area contributed by atoms with Gasteiger partial charge in [0.15, 0.2) is 0 Å². The number of allylic oxidation sites excluding steroid dienone is 16. The van der Waals surface area contributed by atoms with E-state index in [-0.39, 0.29) is 25.8 Å².